The molecule has 0 saturated heterocycles. The number of halogens is 1. The highest BCUT2D eigenvalue weighted by Crippen LogP contribution is 2.32. The monoisotopic (exact) mass is 249 g/mol. The molecule has 0 radical (unpaired) electrons. The Balaban J connectivity index is 2.04. The summed E-state index contributed by atoms with van der Waals surface area (Å²) in [7, 11) is 0. The highest BCUT2D eigenvalue weighted by Gasteiger charge is 2.19. The number of nitrogens with one attached hydrogen (secondary N) is 1. The molecule has 1 N–H and O–H groups in total. The minimum atomic E-state index is 0.536. The van der Waals surface area contributed by atoms with Crippen molar-refractivity contribution in [2.24, 2.45) is 0 Å². The van der Waals surface area contributed by atoms with Crippen molar-refractivity contribution in [1.29, 1.82) is 0 Å². The summed E-state index contributed by atoms with van der Waals surface area (Å²) in [6.45, 7) is 2.03. The van der Waals surface area contributed by atoms with Crippen LogP contribution in [0, 0.1) is 6.92 Å². The van der Waals surface area contributed by atoms with Gasteiger partial charge in [0.2, 0.25) is 0 Å². The largest absolute Gasteiger partial charge is 0.330 e. The van der Waals surface area contributed by atoms with E-state index in [1.807, 2.05) is 13.0 Å². The Morgan fingerprint density at radius 2 is 2.00 bits per heavy atom. The van der Waals surface area contributed by atoms with Crippen molar-refractivity contribution in [3.05, 3.63) is 22.7 Å². The molecular weight excluding hydrogens is 234 g/mol. The number of rotatable bonds is 1. The summed E-state index contributed by atoms with van der Waals surface area (Å²) >= 11 is 5.97. The van der Waals surface area contributed by atoms with Crippen LogP contribution in [0.2, 0.25) is 5.15 Å². The first-order valence-corrected chi connectivity index (χ1v) is 6.64. The van der Waals surface area contributed by atoms with Gasteiger partial charge in [-0.25, -0.2) is 9.97 Å². The van der Waals surface area contributed by atoms with E-state index in [2.05, 4.69) is 15.0 Å². The minimum Gasteiger partial charge on any atom is -0.330 e. The third-order valence-corrected chi connectivity index (χ3v) is 3.84. The second kappa shape index (κ2) is 4.30. The van der Waals surface area contributed by atoms with Crippen LogP contribution in [0.4, 0.5) is 0 Å². The van der Waals surface area contributed by atoms with Gasteiger partial charge in [-0.1, -0.05) is 30.9 Å². The van der Waals surface area contributed by atoms with Crippen LogP contribution in [0.3, 0.4) is 0 Å². The summed E-state index contributed by atoms with van der Waals surface area (Å²) in [6, 6.07) is 1.90. The quantitative estimate of drug-likeness (QED) is 0.831. The highest BCUT2D eigenvalue weighted by molar-refractivity contribution is 6.30. The predicted octanol–water partition coefficient (Wildman–Crippen LogP) is 3.97. The van der Waals surface area contributed by atoms with Gasteiger partial charge < -0.3 is 4.98 Å². The lowest BCUT2D eigenvalue weighted by molar-refractivity contribution is 0.429. The number of nitrogens with zero attached hydrogens (tertiary/aromatic N) is 2. The van der Waals surface area contributed by atoms with E-state index in [9.17, 15) is 0 Å². The van der Waals surface area contributed by atoms with Crippen LogP contribution in [0.5, 0.6) is 0 Å². The molecule has 4 heteroatoms. The van der Waals surface area contributed by atoms with Crippen LogP contribution in [0.1, 0.15) is 49.5 Å². The van der Waals surface area contributed by atoms with Crippen LogP contribution in [0.25, 0.3) is 11.0 Å². The summed E-state index contributed by atoms with van der Waals surface area (Å²) in [5, 5.41) is 1.67. The summed E-state index contributed by atoms with van der Waals surface area (Å²) in [5.41, 5.74) is 1.90. The number of aryl methyl sites for hydroxylation is 1. The topological polar surface area (TPSA) is 41.6 Å². The number of hydrogen-bond donors (Lipinski definition) is 1. The van der Waals surface area contributed by atoms with Crippen molar-refractivity contribution in [1.82, 2.24) is 15.0 Å². The first-order valence-electron chi connectivity index (χ1n) is 6.27. The van der Waals surface area contributed by atoms with Crippen molar-refractivity contribution >= 4 is 22.6 Å². The van der Waals surface area contributed by atoms with Gasteiger partial charge >= 0.3 is 0 Å². The SMILES string of the molecule is Cc1nc(C2CCCCC2)nc2[nH]c(Cl)cc12. The van der Waals surface area contributed by atoms with E-state index in [1.165, 1.54) is 32.1 Å². The van der Waals surface area contributed by atoms with Gasteiger partial charge in [0.15, 0.2) is 0 Å². The number of H-pyrrole nitrogens is 1. The number of aromatic nitrogens is 3. The zero-order valence-electron chi connectivity index (χ0n) is 9.96. The second-order valence-electron chi connectivity index (χ2n) is 4.88. The summed E-state index contributed by atoms with van der Waals surface area (Å²) in [6.07, 6.45) is 6.40. The van der Waals surface area contributed by atoms with E-state index < -0.39 is 0 Å². The zero-order chi connectivity index (χ0) is 11.8. The molecule has 1 fully saturated rings. The maximum absolute atomic E-state index is 5.97. The third-order valence-electron chi connectivity index (χ3n) is 3.63. The van der Waals surface area contributed by atoms with Crippen LogP contribution < -0.4 is 0 Å². The zero-order valence-corrected chi connectivity index (χ0v) is 10.7. The fourth-order valence-electron chi connectivity index (χ4n) is 2.69. The third kappa shape index (κ3) is 2.04. The molecule has 90 valence electrons. The average Bonchev–Trinajstić information content (AvgIpc) is 2.71. The lowest BCUT2D eigenvalue weighted by Crippen LogP contribution is -2.09. The molecule has 0 atom stereocenters. The van der Waals surface area contributed by atoms with E-state index in [1.54, 1.807) is 0 Å². The molecule has 0 spiro atoms. The Kier molecular flexibility index (Phi) is 2.79. The lowest BCUT2D eigenvalue weighted by Gasteiger charge is -2.20. The van der Waals surface area contributed by atoms with Crippen molar-refractivity contribution in [2.45, 2.75) is 44.9 Å². The second-order valence-corrected chi connectivity index (χ2v) is 5.29. The molecule has 0 aromatic carbocycles. The van der Waals surface area contributed by atoms with E-state index in [0.717, 1.165) is 22.6 Å². The van der Waals surface area contributed by atoms with Gasteiger partial charge in [-0.3, -0.25) is 0 Å². The van der Waals surface area contributed by atoms with Gasteiger partial charge in [-0.15, -0.1) is 0 Å². The molecule has 2 heterocycles. The Hall–Kier alpha value is -1.09. The molecule has 1 aliphatic rings. The van der Waals surface area contributed by atoms with Crippen LogP contribution in [-0.2, 0) is 0 Å². The minimum absolute atomic E-state index is 0.536. The molecule has 0 amide bonds. The van der Waals surface area contributed by atoms with Crippen LogP contribution >= 0.6 is 11.6 Å². The Morgan fingerprint density at radius 1 is 1.24 bits per heavy atom. The average molecular weight is 250 g/mol. The summed E-state index contributed by atoms with van der Waals surface area (Å²) in [4.78, 5) is 12.4. The van der Waals surface area contributed by atoms with Gasteiger partial charge in [0.25, 0.3) is 0 Å². The number of hydrogen-bond acceptors (Lipinski definition) is 2. The molecule has 0 unspecified atom stereocenters. The molecular formula is C13H16ClN3. The number of fused-ring (bicyclic) bond motifs is 1. The molecule has 1 saturated carbocycles. The normalized spacial score (nSPS) is 17.8. The van der Waals surface area contributed by atoms with Crippen molar-refractivity contribution in [3.8, 4) is 0 Å². The van der Waals surface area contributed by atoms with Crippen molar-refractivity contribution < 1.29 is 0 Å². The standard InChI is InChI=1S/C13H16ClN3/c1-8-10-7-11(14)16-13(10)17-12(15-8)9-5-3-2-4-6-9/h7,9H,2-6H2,1H3,(H,15,16,17). The smallest absolute Gasteiger partial charge is 0.142 e. The number of aromatic amines is 1. The maximum Gasteiger partial charge on any atom is 0.142 e. The molecule has 2 aromatic rings. The first kappa shape index (κ1) is 11.0. The molecule has 0 aliphatic heterocycles. The van der Waals surface area contributed by atoms with E-state index in [4.69, 9.17) is 11.6 Å². The van der Waals surface area contributed by atoms with Crippen molar-refractivity contribution in [3.63, 3.8) is 0 Å². The van der Waals surface area contributed by atoms with E-state index >= 15 is 0 Å². The van der Waals surface area contributed by atoms with Gasteiger partial charge in [-0.2, -0.15) is 0 Å². The molecule has 3 rings (SSSR count). The fraction of sp³-hybridized carbons (Fsp3) is 0.538. The highest BCUT2D eigenvalue weighted by atomic mass is 35.5. The molecule has 0 bridgehead atoms. The Bertz CT molecular complexity index is 541. The maximum atomic E-state index is 5.97. The van der Waals surface area contributed by atoms with Crippen molar-refractivity contribution in [2.75, 3.05) is 0 Å². The molecule has 3 nitrogen and oxygen atoms in total. The predicted molar refractivity (Wildman–Crippen MR) is 69.5 cm³/mol. The van der Waals surface area contributed by atoms with Crippen LogP contribution in [0.15, 0.2) is 6.07 Å². The van der Waals surface area contributed by atoms with Gasteiger partial charge in [0.1, 0.15) is 16.6 Å². The van der Waals surface area contributed by atoms with Gasteiger partial charge in [0.05, 0.1) is 5.69 Å². The summed E-state index contributed by atoms with van der Waals surface area (Å²) in [5.74, 6) is 1.53. The van der Waals surface area contributed by atoms with E-state index in [0.29, 0.717) is 11.1 Å². The Morgan fingerprint density at radius 3 is 2.76 bits per heavy atom. The molecule has 1 aliphatic carbocycles. The first-order chi connectivity index (χ1) is 8.24. The van der Waals surface area contributed by atoms with Gasteiger partial charge in [0, 0.05) is 11.3 Å². The fourth-order valence-corrected chi connectivity index (χ4v) is 2.89. The summed E-state index contributed by atoms with van der Waals surface area (Å²) < 4.78 is 0. The molecule has 2 aromatic heterocycles. The lowest BCUT2D eigenvalue weighted by atomic mass is 9.88. The Labute approximate surface area is 106 Å². The van der Waals surface area contributed by atoms with E-state index in [-0.39, 0.29) is 0 Å². The van der Waals surface area contributed by atoms with Crippen LogP contribution in [-0.4, -0.2) is 15.0 Å². The molecule has 17 heavy (non-hydrogen) atoms. The van der Waals surface area contributed by atoms with Gasteiger partial charge in [-0.05, 0) is 25.8 Å².